The van der Waals surface area contributed by atoms with Gasteiger partial charge in [0.15, 0.2) is 0 Å². The summed E-state index contributed by atoms with van der Waals surface area (Å²) in [5.41, 5.74) is 8.56. The van der Waals surface area contributed by atoms with Crippen LogP contribution in [0.15, 0.2) is 59.2 Å². The molecule has 0 aromatic heterocycles. The van der Waals surface area contributed by atoms with Gasteiger partial charge in [0, 0.05) is 0 Å². The first-order valence-corrected chi connectivity index (χ1v) is 22.2. The fourth-order valence-electron chi connectivity index (χ4n) is 8.14. The van der Waals surface area contributed by atoms with Crippen LogP contribution in [0.3, 0.4) is 0 Å². The van der Waals surface area contributed by atoms with E-state index >= 15 is 0 Å². The molecular formula is C38H52Cl2P2Ti. The summed E-state index contributed by atoms with van der Waals surface area (Å²) in [6, 6.07) is 19.3. The third kappa shape index (κ3) is 8.33. The van der Waals surface area contributed by atoms with Crippen LogP contribution in [0.25, 0.3) is 12.2 Å². The van der Waals surface area contributed by atoms with Crippen LogP contribution >= 0.6 is 15.8 Å². The topological polar surface area (TPSA) is 0 Å². The Morgan fingerprint density at radius 3 is 1.53 bits per heavy atom. The van der Waals surface area contributed by atoms with Gasteiger partial charge in [-0.25, -0.2) is 0 Å². The molecule has 4 aliphatic rings. The first kappa shape index (κ1) is 35.9. The van der Waals surface area contributed by atoms with Gasteiger partial charge in [-0.3, -0.25) is 0 Å². The molecule has 0 nitrogen and oxygen atoms in total. The first-order chi connectivity index (χ1) is 20.3. The zero-order valence-corrected chi connectivity index (χ0v) is 31.4. The van der Waals surface area contributed by atoms with Gasteiger partial charge in [-0.2, -0.15) is 0 Å². The van der Waals surface area contributed by atoms with Crippen molar-refractivity contribution in [2.24, 2.45) is 0 Å². The van der Waals surface area contributed by atoms with E-state index in [4.69, 9.17) is 0 Å². The van der Waals surface area contributed by atoms with Crippen molar-refractivity contribution in [1.82, 2.24) is 0 Å². The van der Waals surface area contributed by atoms with E-state index in [0.717, 1.165) is 19.8 Å². The number of halogens is 2. The van der Waals surface area contributed by atoms with E-state index in [1.807, 2.05) is 10.6 Å². The number of fused-ring (bicyclic) bond motifs is 2. The van der Waals surface area contributed by atoms with Crippen LogP contribution in [0.4, 0.5) is 0 Å². The molecule has 2 aromatic rings. The van der Waals surface area contributed by atoms with E-state index < -0.39 is 0 Å². The number of rotatable bonds is 12. The summed E-state index contributed by atoms with van der Waals surface area (Å²) in [6.45, 7) is 4.78. The standard InChI is InChI=1S/C21H28P.C17H24P.2ClH.Ti/c1-3-11-19(12-4-1)22(20-13-5-2-6-14-20)21-15-17-9-7-8-10-18(17)16-21;1-3-5-11-18(12-6-4-2)17-13-15-9-7-8-10-16(15)14-17;;;/h7-10,15-16,19-20H,1-6,11-14H2;7-10,13-14H,3-6,11-12H2,1-2H3;2*1H;/q;;;;+2/p-2. The van der Waals surface area contributed by atoms with E-state index in [1.165, 1.54) is 102 Å². The minimum absolute atomic E-state index is 0. The molecule has 2 atom stereocenters. The number of unbranched alkanes of at least 4 members (excludes halogenated alkanes) is 2. The summed E-state index contributed by atoms with van der Waals surface area (Å²) in [4.78, 5) is 0. The van der Waals surface area contributed by atoms with Crippen LogP contribution < -0.4 is 24.8 Å². The second kappa shape index (κ2) is 17.8. The second-order valence-electron chi connectivity index (χ2n) is 13.1. The molecule has 0 amide bonds. The monoisotopic (exact) mass is 688 g/mol. The van der Waals surface area contributed by atoms with Gasteiger partial charge in [0.1, 0.15) is 0 Å². The fourth-order valence-corrected chi connectivity index (χ4v) is 20.0. The molecule has 2 aromatic carbocycles. The Kier molecular flexibility index (Phi) is 14.9. The Balaban J connectivity index is 0.00000212. The smallest absolute Gasteiger partial charge is 1.00 e. The number of benzene rings is 2. The maximum Gasteiger partial charge on any atom is -1.00 e. The van der Waals surface area contributed by atoms with Crippen molar-refractivity contribution < 1.29 is 44.0 Å². The normalized spacial score (nSPS) is 21.9. The summed E-state index contributed by atoms with van der Waals surface area (Å²) >= 11 is -0.279. The average molecular weight is 690 g/mol. The maximum absolute atomic E-state index is 2.79. The van der Waals surface area contributed by atoms with E-state index in [-0.39, 0.29) is 59.8 Å². The second-order valence-corrected chi connectivity index (χ2v) is 20.7. The van der Waals surface area contributed by atoms with Gasteiger partial charge in [-0.1, -0.05) is 0 Å². The molecule has 0 heterocycles. The van der Waals surface area contributed by atoms with Crippen molar-refractivity contribution in [3.8, 4) is 0 Å². The minimum Gasteiger partial charge on any atom is -1.00 e. The SMILES string of the molecule is CCCCP(CCCC)C1=Cc2ccccc2[CH]1[Ti+2][CH]1C(P(C2CCCCC2)C2CCCCC2)=Cc2ccccc21.[Cl-].[Cl-]. The zero-order chi connectivity index (χ0) is 28.0. The van der Waals surface area contributed by atoms with Crippen molar-refractivity contribution in [3.63, 3.8) is 0 Å². The Morgan fingerprint density at radius 1 is 0.605 bits per heavy atom. The summed E-state index contributed by atoms with van der Waals surface area (Å²) in [6.07, 6.45) is 28.9. The van der Waals surface area contributed by atoms with Gasteiger partial charge >= 0.3 is 264 Å². The zero-order valence-electron chi connectivity index (χ0n) is 26.5. The summed E-state index contributed by atoms with van der Waals surface area (Å²) in [7, 11) is -0.0638. The summed E-state index contributed by atoms with van der Waals surface area (Å²) in [5.74, 6) is 0. The first-order valence-electron chi connectivity index (χ1n) is 17.2. The van der Waals surface area contributed by atoms with Crippen LogP contribution in [0.1, 0.15) is 134 Å². The fraction of sp³-hybridized carbons (Fsp3) is 0.579. The van der Waals surface area contributed by atoms with Gasteiger partial charge < -0.3 is 24.8 Å². The Labute approximate surface area is 287 Å². The van der Waals surface area contributed by atoms with Crippen molar-refractivity contribution in [2.45, 2.75) is 124 Å². The van der Waals surface area contributed by atoms with Crippen LogP contribution in [0.2, 0.25) is 0 Å². The molecule has 0 radical (unpaired) electrons. The van der Waals surface area contributed by atoms with Crippen molar-refractivity contribution in [3.05, 3.63) is 81.4 Å². The van der Waals surface area contributed by atoms with Crippen molar-refractivity contribution in [2.75, 3.05) is 12.3 Å². The van der Waals surface area contributed by atoms with Crippen molar-refractivity contribution >= 4 is 28.0 Å². The number of hydrogen-bond acceptors (Lipinski definition) is 0. The number of hydrogen-bond donors (Lipinski definition) is 0. The van der Waals surface area contributed by atoms with Gasteiger partial charge in [0.05, 0.1) is 0 Å². The largest absolute Gasteiger partial charge is 1.00 e. The Hall–Kier alpha value is 0.0743. The Bertz CT molecular complexity index is 1190. The minimum atomic E-state index is -0.279. The van der Waals surface area contributed by atoms with E-state index in [0.29, 0.717) is 0 Å². The average Bonchev–Trinajstić information content (AvgIpc) is 3.57. The molecule has 2 saturated carbocycles. The predicted molar refractivity (Wildman–Crippen MR) is 181 cm³/mol. The van der Waals surface area contributed by atoms with Crippen molar-refractivity contribution in [1.29, 1.82) is 0 Å². The van der Waals surface area contributed by atoms with Crippen LogP contribution in [0.5, 0.6) is 0 Å². The molecule has 2 fully saturated rings. The van der Waals surface area contributed by atoms with Crippen LogP contribution in [-0.4, -0.2) is 23.6 Å². The molecule has 232 valence electrons. The van der Waals surface area contributed by atoms with E-state index in [2.05, 4.69) is 74.5 Å². The molecule has 0 saturated heterocycles. The molecule has 4 aliphatic carbocycles. The van der Waals surface area contributed by atoms with Gasteiger partial charge in [-0.05, 0) is 0 Å². The molecular weight excluding hydrogens is 637 g/mol. The van der Waals surface area contributed by atoms with E-state index in [1.54, 1.807) is 22.3 Å². The number of allylic oxidation sites excluding steroid dienone is 2. The predicted octanol–water partition coefficient (Wildman–Crippen LogP) is 6.50. The molecule has 0 spiro atoms. The summed E-state index contributed by atoms with van der Waals surface area (Å²) < 4.78 is 1.48. The van der Waals surface area contributed by atoms with Crippen LogP contribution in [-0.2, 0) is 19.2 Å². The molecule has 43 heavy (non-hydrogen) atoms. The molecule has 5 heteroatoms. The maximum atomic E-state index is 2.79. The third-order valence-corrected chi connectivity index (χ3v) is 20.5. The molecule has 2 unspecified atom stereocenters. The molecule has 6 rings (SSSR count). The van der Waals surface area contributed by atoms with Gasteiger partial charge in [0.2, 0.25) is 0 Å². The third-order valence-electron chi connectivity index (χ3n) is 10.3. The Morgan fingerprint density at radius 2 is 1.05 bits per heavy atom. The molecule has 0 aliphatic heterocycles. The van der Waals surface area contributed by atoms with Gasteiger partial charge in [0.25, 0.3) is 0 Å². The van der Waals surface area contributed by atoms with Crippen LogP contribution in [0, 0.1) is 0 Å². The quantitative estimate of drug-likeness (QED) is 0.177. The molecule has 0 bridgehead atoms. The van der Waals surface area contributed by atoms with Gasteiger partial charge in [-0.15, -0.1) is 0 Å². The molecule has 0 N–H and O–H groups in total. The summed E-state index contributed by atoms with van der Waals surface area (Å²) in [5, 5.41) is 3.89. The van der Waals surface area contributed by atoms with E-state index in [9.17, 15) is 0 Å².